The Labute approximate surface area is 206 Å². The fraction of sp³-hybridized carbons (Fsp3) is 0.903. The van der Waals surface area contributed by atoms with Crippen LogP contribution in [0, 0.1) is 17.8 Å². The monoisotopic (exact) mass is 460 g/mol. The quantitative estimate of drug-likeness (QED) is 0.184. The molecule has 0 amide bonds. The van der Waals surface area contributed by atoms with Gasteiger partial charge in [-0.25, -0.2) is 0 Å². The number of Topliss-reactive ketones (excluding diaryl/α,β-unsaturated/α-hetero) is 1. The summed E-state index contributed by atoms with van der Waals surface area (Å²) in [5.41, 5.74) is 1.65. The lowest BCUT2D eigenvalue weighted by atomic mass is 9.74. The van der Waals surface area contributed by atoms with Gasteiger partial charge in [0.05, 0.1) is 6.10 Å². The zero-order valence-corrected chi connectivity index (χ0v) is 22.3. The first-order valence-corrected chi connectivity index (χ1v) is 15.0. The lowest BCUT2D eigenvalue weighted by Crippen LogP contribution is -2.21. The summed E-state index contributed by atoms with van der Waals surface area (Å²) in [6, 6.07) is 0. The topological polar surface area (TPSA) is 37.3 Å². The van der Waals surface area contributed by atoms with Crippen LogP contribution in [0.1, 0.15) is 155 Å². The summed E-state index contributed by atoms with van der Waals surface area (Å²) in [6.07, 6.45) is 29.1. The van der Waals surface area contributed by atoms with E-state index in [1.807, 2.05) is 0 Å². The molecule has 0 spiro atoms. The average Bonchev–Trinajstić information content (AvgIpc) is 2.79. The number of unbranched alkanes of at least 4 members (excludes halogenated alkanes) is 2. The van der Waals surface area contributed by atoms with E-state index in [-0.39, 0.29) is 12.0 Å². The second-order valence-corrected chi connectivity index (χ2v) is 11.5. The molecular weight excluding hydrogens is 404 g/mol. The lowest BCUT2D eigenvalue weighted by molar-refractivity contribution is -0.122. The van der Waals surface area contributed by atoms with E-state index in [4.69, 9.17) is 0 Å². The Hall–Kier alpha value is -0.630. The number of ketones is 1. The van der Waals surface area contributed by atoms with Crippen molar-refractivity contribution in [2.45, 2.75) is 161 Å². The van der Waals surface area contributed by atoms with Crippen LogP contribution in [0.2, 0.25) is 0 Å². The Bertz CT molecular complexity index is 535. The Morgan fingerprint density at radius 2 is 1.67 bits per heavy atom. The predicted molar refractivity (Wildman–Crippen MR) is 142 cm³/mol. The molecule has 0 bridgehead atoms. The molecule has 2 heteroatoms. The molecule has 0 aliphatic heterocycles. The van der Waals surface area contributed by atoms with Gasteiger partial charge in [-0.05, 0) is 82.5 Å². The van der Waals surface area contributed by atoms with Gasteiger partial charge in [0.1, 0.15) is 5.78 Å². The summed E-state index contributed by atoms with van der Waals surface area (Å²) in [5.74, 6) is 2.45. The van der Waals surface area contributed by atoms with E-state index < -0.39 is 0 Å². The number of aliphatic hydroxyl groups is 1. The van der Waals surface area contributed by atoms with Gasteiger partial charge in [-0.1, -0.05) is 89.7 Å². The highest BCUT2D eigenvalue weighted by atomic mass is 16.3. The standard InChI is InChI=1S/C31H56O2/c1-3-15-28-20-12-13-21-29(28)24-25-30(32)22-10-7-11-23-31(33)26(2)16-14-19-27-17-8-5-4-6-9-18-27/h17,26,28-30,32H,3-16,18-25H2,1-2H3. The van der Waals surface area contributed by atoms with Crippen LogP contribution < -0.4 is 0 Å². The molecule has 2 aliphatic rings. The molecule has 0 aromatic heterocycles. The molecule has 0 aromatic rings. The van der Waals surface area contributed by atoms with Crippen molar-refractivity contribution in [3.63, 3.8) is 0 Å². The number of hydrogen-bond acceptors (Lipinski definition) is 2. The average molecular weight is 461 g/mol. The molecule has 1 fully saturated rings. The van der Waals surface area contributed by atoms with Crippen LogP contribution in [0.3, 0.4) is 0 Å². The Kier molecular flexibility index (Phi) is 15.4. The van der Waals surface area contributed by atoms with Crippen LogP contribution >= 0.6 is 0 Å². The third-order valence-electron chi connectivity index (χ3n) is 8.63. The van der Waals surface area contributed by atoms with Gasteiger partial charge in [-0.15, -0.1) is 0 Å². The number of allylic oxidation sites excluding steroid dienone is 2. The molecule has 0 radical (unpaired) electrons. The van der Waals surface area contributed by atoms with Gasteiger partial charge in [-0.2, -0.15) is 0 Å². The van der Waals surface area contributed by atoms with Gasteiger partial charge in [-0.3, -0.25) is 4.79 Å². The number of carbonyl (C=O) groups is 1. The maximum atomic E-state index is 12.5. The van der Waals surface area contributed by atoms with Crippen molar-refractivity contribution in [1.82, 2.24) is 0 Å². The molecule has 0 saturated heterocycles. The molecule has 1 saturated carbocycles. The highest BCUT2D eigenvalue weighted by Crippen LogP contribution is 2.36. The van der Waals surface area contributed by atoms with E-state index in [0.717, 1.165) is 56.8 Å². The smallest absolute Gasteiger partial charge is 0.135 e. The van der Waals surface area contributed by atoms with Crippen LogP contribution in [0.5, 0.6) is 0 Å². The normalized spacial score (nSPS) is 23.9. The van der Waals surface area contributed by atoms with Crippen molar-refractivity contribution < 1.29 is 9.90 Å². The second-order valence-electron chi connectivity index (χ2n) is 11.5. The van der Waals surface area contributed by atoms with Gasteiger partial charge in [0, 0.05) is 12.3 Å². The van der Waals surface area contributed by atoms with Crippen molar-refractivity contribution in [2.24, 2.45) is 17.8 Å². The molecule has 4 unspecified atom stereocenters. The third kappa shape index (κ3) is 12.6. The zero-order chi connectivity index (χ0) is 23.7. The number of carbonyl (C=O) groups excluding carboxylic acids is 1. The van der Waals surface area contributed by atoms with Gasteiger partial charge in [0.15, 0.2) is 0 Å². The summed E-state index contributed by atoms with van der Waals surface area (Å²) in [4.78, 5) is 12.5. The van der Waals surface area contributed by atoms with E-state index in [0.29, 0.717) is 5.78 Å². The minimum atomic E-state index is -0.133. The molecule has 2 rings (SSSR count). The maximum Gasteiger partial charge on any atom is 0.135 e. The minimum absolute atomic E-state index is 0.133. The summed E-state index contributed by atoms with van der Waals surface area (Å²) >= 11 is 0. The molecule has 0 aromatic carbocycles. The molecule has 4 atom stereocenters. The van der Waals surface area contributed by atoms with Crippen molar-refractivity contribution in [3.05, 3.63) is 11.6 Å². The van der Waals surface area contributed by atoms with Crippen LogP contribution in [-0.2, 0) is 4.79 Å². The molecule has 192 valence electrons. The van der Waals surface area contributed by atoms with Crippen LogP contribution in [0.25, 0.3) is 0 Å². The largest absolute Gasteiger partial charge is 0.393 e. The van der Waals surface area contributed by atoms with Crippen LogP contribution in [-0.4, -0.2) is 17.0 Å². The second kappa shape index (κ2) is 17.8. The number of rotatable bonds is 16. The summed E-state index contributed by atoms with van der Waals surface area (Å²) in [7, 11) is 0. The van der Waals surface area contributed by atoms with Crippen molar-refractivity contribution in [2.75, 3.05) is 0 Å². The molecule has 0 heterocycles. The van der Waals surface area contributed by atoms with Crippen molar-refractivity contribution in [1.29, 1.82) is 0 Å². The fourth-order valence-electron chi connectivity index (χ4n) is 6.35. The number of aliphatic hydroxyl groups excluding tert-OH is 1. The molecule has 2 aliphatic carbocycles. The third-order valence-corrected chi connectivity index (χ3v) is 8.63. The molecular formula is C31H56O2. The number of hydrogen-bond donors (Lipinski definition) is 1. The lowest BCUT2D eigenvalue weighted by Gasteiger charge is -2.32. The van der Waals surface area contributed by atoms with E-state index in [1.54, 1.807) is 5.57 Å². The molecule has 33 heavy (non-hydrogen) atoms. The Morgan fingerprint density at radius 3 is 2.45 bits per heavy atom. The van der Waals surface area contributed by atoms with Gasteiger partial charge >= 0.3 is 0 Å². The van der Waals surface area contributed by atoms with Crippen LogP contribution in [0.4, 0.5) is 0 Å². The van der Waals surface area contributed by atoms with Gasteiger partial charge in [0.25, 0.3) is 0 Å². The first-order chi connectivity index (χ1) is 16.1. The minimum Gasteiger partial charge on any atom is -0.393 e. The Morgan fingerprint density at radius 1 is 0.909 bits per heavy atom. The van der Waals surface area contributed by atoms with E-state index >= 15 is 0 Å². The Balaban J connectivity index is 1.49. The SMILES string of the molecule is CCCC1CCCCC1CCC(O)CCCCCC(=O)C(C)CCCC1=CCCCCCC1. The van der Waals surface area contributed by atoms with E-state index in [2.05, 4.69) is 19.9 Å². The predicted octanol–water partition coefficient (Wildman–Crippen LogP) is 9.34. The van der Waals surface area contributed by atoms with Crippen molar-refractivity contribution >= 4 is 5.78 Å². The van der Waals surface area contributed by atoms with Gasteiger partial charge < -0.3 is 5.11 Å². The molecule has 2 nitrogen and oxygen atoms in total. The first-order valence-electron chi connectivity index (χ1n) is 15.0. The van der Waals surface area contributed by atoms with E-state index in [1.165, 1.54) is 96.3 Å². The first kappa shape index (κ1) is 28.6. The van der Waals surface area contributed by atoms with Gasteiger partial charge in [0.2, 0.25) is 0 Å². The zero-order valence-electron chi connectivity index (χ0n) is 22.3. The highest BCUT2D eigenvalue weighted by molar-refractivity contribution is 5.80. The summed E-state index contributed by atoms with van der Waals surface area (Å²) in [5, 5.41) is 10.5. The summed E-state index contributed by atoms with van der Waals surface area (Å²) in [6.45, 7) is 4.44. The molecule has 1 N–H and O–H groups in total. The van der Waals surface area contributed by atoms with Crippen molar-refractivity contribution in [3.8, 4) is 0 Å². The fourth-order valence-corrected chi connectivity index (χ4v) is 6.35. The van der Waals surface area contributed by atoms with Crippen LogP contribution in [0.15, 0.2) is 11.6 Å². The summed E-state index contributed by atoms with van der Waals surface area (Å²) < 4.78 is 0. The van der Waals surface area contributed by atoms with E-state index in [9.17, 15) is 9.90 Å². The maximum absolute atomic E-state index is 12.5. The highest BCUT2D eigenvalue weighted by Gasteiger charge is 2.24.